The molecule has 0 radical (unpaired) electrons. The number of carbonyl (C=O) groups excluding carboxylic acids is 1. The van der Waals surface area contributed by atoms with E-state index >= 15 is 0 Å². The Morgan fingerprint density at radius 2 is 1.76 bits per heavy atom. The highest BCUT2D eigenvalue weighted by Gasteiger charge is 2.19. The summed E-state index contributed by atoms with van der Waals surface area (Å²) in [6.07, 6.45) is 0.711. The van der Waals surface area contributed by atoms with Crippen molar-refractivity contribution in [3.05, 3.63) is 48.0 Å². The van der Waals surface area contributed by atoms with Gasteiger partial charge in [-0.1, -0.05) is 13.8 Å². The second kappa shape index (κ2) is 6.76. The first-order valence-corrected chi connectivity index (χ1v) is 9.53. The lowest BCUT2D eigenvalue weighted by atomic mass is 10.2. The summed E-state index contributed by atoms with van der Waals surface area (Å²) in [6.45, 7) is 4.19. The van der Waals surface area contributed by atoms with Gasteiger partial charge in [0, 0.05) is 23.7 Å². The average Bonchev–Trinajstić information content (AvgIpc) is 3.04. The van der Waals surface area contributed by atoms with E-state index in [1.54, 1.807) is 50.2 Å². The zero-order chi connectivity index (χ0) is 18.0. The Labute approximate surface area is 147 Å². The lowest BCUT2D eigenvalue weighted by molar-refractivity contribution is -0.118. The fourth-order valence-electron chi connectivity index (χ4n) is 2.45. The van der Waals surface area contributed by atoms with Crippen LogP contribution in [0.2, 0.25) is 0 Å². The number of nitrogens with one attached hydrogen (secondary N) is 2. The fraction of sp³-hybridized carbons (Fsp3) is 0.278. The number of rotatable bonds is 5. The van der Waals surface area contributed by atoms with E-state index in [-0.39, 0.29) is 16.7 Å². The SMILES string of the molecule is CC(C)C(=O)Nc1ccc(NS(=O)(=O)c2ccc3c(c2)CCO3)cc1. The predicted octanol–water partition coefficient (Wildman–Crippen LogP) is 3.02. The van der Waals surface area contributed by atoms with Gasteiger partial charge in [0.1, 0.15) is 5.75 Å². The van der Waals surface area contributed by atoms with Crippen molar-refractivity contribution in [3.8, 4) is 5.75 Å². The molecule has 0 spiro atoms. The van der Waals surface area contributed by atoms with Crippen molar-refractivity contribution < 1.29 is 17.9 Å². The minimum absolute atomic E-state index is 0.0892. The number of carbonyl (C=O) groups is 1. The van der Waals surface area contributed by atoms with E-state index in [4.69, 9.17) is 4.74 Å². The molecule has 7 heteroatoms. The third-order valence-electron chi connectivity index (χ3n) is 3.90. The van der Waals surface area contributed by atoms with Gasteiger partial charge in [-0.2, -0.15) is 0 Å². The van der Waals surface area contributed by atoms with Crippen molar-refractivity contribution in [1.82, 2.24) is 0 Å². The number of hydrogen-bond donors (Lipinski definition) is 2. The lowest BCUT2D eigenvalue weighted by Gasteiger charge is -2.11. The van der Waals surface area contributed by atoms with Crippen LogP contribution in [0.3, 0.4) is 0 Å². The van der Waals surface area contributed by atoms with Gasteiger partial charge < -0.3 is 10.1 Å². The molecule has 0 saturated carbocycles. The van der Waals surface area contributed by atoms with Crippen LogP contribution in [0.5, 0.6) is 5.75 Å². The molecule has 0 fully saturated rings. The van der Waals surface area contributed by atoms with Crippen LogP contribution in [0.4, 0.5) is 11.4 Å². The van der Waals surface area contributed by atoms with Crippen LogP contribution < -0.4 is 14.8 Å². The number of fused-ring (bicyclic) bond motifs is 1. The molecule has 2 aromatic rings. The highest BCUT2D eigenvalue weighted by atomic mass is 32.2. The van der Waals surface area contributed by atoms with Gasteiger partial charge in [0.2, 0.25) is 5.91 Å². The van der Waals surface area contributed by atoms with Crippen LogP contribution in [0, 0.1) is 5.92 Å². The minimum atomic E-state index is -3.68. The third-order valence-corrected chi connectivity index (χ3v) is 5.28. The summed E-state index contributed by atoms with van der Waals surface area (Å²) in [5.74, 6) is 0.528. The first kappa shape index (κ1) is 17.3. The maximum Gasteiger partial charge on any atom is 0.261 e. The van der Waals surface area contributed by atoms with Crippen molar-refractivity contribution >= 4 is 27.3 Å². The van der Waals surface area contributed by atoms with Crippen LogP contribution in [0.25, 0.3) is 0 Å². The third kappa shape index (κ3) is 3.93. The number of ether oxygens (including phenoxy) is 1. The highest BCUT2D eigenvalue weighted by molar-refractivity contribution is 7.92. The van der Waals surface area contributed by atoms with E-state index in [2.05, 4.69) is 10.0 Å². The molecular weight excluding hydrogens is 340 g/mol. The van der Waals surface area contributed by atoms with Crippen LogP contribution >= 0.6 is 0 Å². The quantitative estimate of drug-likeness (QED) is 0.858. The molecule has 0 bridgehead atoms. The molecule has 132 valence electrons. The van der Waals surface area contributed by atoms with Crippen molar-refractivity contribution in [2.24, 2.45) is 5.92 Å². The molecule has 0 aliphatic carbocycles. The Bertz CT molecular complexity index is 890. The van der Waals surface area contributed by atoms with Gasteiger partial charge in [-0.25, -0.2) is 8.42 Å². The monoisotopic (exact) mass is 360 g/mol. The molecule has 2 aromatic carbocycles. The normalized spacial score (nSPS) is 13.2. The molecule has 0 atom stereocenters. The molecule has 1 aliphatic heterocycles. The van der Waals surface area contributed by atoms with Gasteiger partial charge in [-0.15, -0.1) is 0 Å². The summed E-state index contributed by atoms with van der Waals surface area (Å²) >= 11 is 0. The molecular formula is C18H20N2O4S. The summed E-state index contributed by atoms with van der Waals surface area (Å²) in [5, 5.41) is 2.76. The Kier molecular flexibility index (Phi) is 4.67. The summed E-state index contributed by atoms with van der Waals surface area (Å²) in [6, 6.07) is 11.4. The Hall–Kier alpha value is -2.54. The lowest BCUT2D eigenvalue weighted by Crippen LogP contribution is -2.17. The summed E-state index contributed by atoms with van der Waals surface area (Å²) in [4.78, 5) is 11.9. The Balaban J connectivity index is 1.74. The van der Waals surface area contributed by atoms with Crippen molar-refractivity contribution in [1.29, 1.82) is 0 Å². The van der Waals surface area contributed by atoms with Gasteiger partial charge in [-0.05, 0) is 48.0 Å². The number of amides is 1. The summed E-state index contributed by atoms with van der Waals surface area (Å²) in [7, 11) is -3.68. The van der Waals surface area contributed by atoms with Crippen LogP contribution in [-0.4, -0.2) is 20.9 Å². The second-order valence-electron chi connectivity index (χ2n) is 6.19. The highest BCUT2D eigenvalue weighted by Crippen LogP contribution is 2.28. The number of sulfonamides is 1. The van der Waals surface area contributed by atoms with Gasteiger partial charge in [0.15, 0.2) is 0 Å². The van der Waals surface area contributed by atoms with Crippen LogP contribution in [0.1, 0.15) is 19.4 Å². The first-order valence-electron chi connectivity index (χ1n) is 8.04. The van der Waals surface area contributed by atoms with Gasteiger partial charge >= 0.3 is 0 Å². The molecule has 6 nitrogen and oxygen atoms in total. The fourth-order valence-corrected chi connectivity index (χ4v) is 3.56. The van der Waals surface area contributed by atoms with E-state index in [9.17, 15) is 13.2 Å². The van der Waals surface area contributed by atoms with Gasteiger partial charge in [-0.3, -0.25) is 9.52 Å². The van der Waals surface area contributed by atoms with E-state index in [1.165, 1.54) is 6.07 Å². The molecule has 3 rings (SSSR count). The summed E-state index contributed by atoms with van der Waals surface area (Å²) in [5.41, 5.74) is 1.95. The molecule has 2 N–H and O–H groups in total. The molecule has 0 saturated heterocycles. The standard InChI is InChI=1S/C18H20N2O4S/c1-12(2)18(21)19-14-3-5-15(6-4-14)20-25(22,23)16-7-8-17-13(11-16)9-10-24-17/h3-8,11-12,20H,9-10H2,1-2H3,(H,19,21). The maximum atomic E-state index is 12.5. The van der Waals surface area contributed by atoms with Crippen LogP contribution in [0.15, 0.2) is 47.4 Å². The van der Waals surface area contributed by atoms with E-state index < -0.39 is 10.0 Å². The predicted molar refractivity (Wildman–Crippen MR) is 96.4 cm³/mol. The van der Waals surface area contributed by atoms with E-state index in [1.807, 2.05) is 0 Å². The zero-order valence-electron chi connectivity index (χ0n) is 14.1. The number of hydrogen-bond acceptors (Lipinski definition) is 4. The zero-order valence-corrected chi connectivity index (χ0v) is 14.9. The molecule has 1 aliphatic rings. The molecule has 1 amide bonds. The number of anilines is 2. The Morgan fingerprint density at radius 1 is 1.08 bits per heavy atom. The van der Waals surface area contributed by atoms with Gasteiger partial charge in [0.25, 0.3) is 10.0 Å². The van der Waals surface area contributed by atoms with E-state index in [0.29, 0.717) is 24.4 Å². The summed E-state index contributed by atoms with van der Waals surface area (Å²) < 4.78 is 33.0. The smallest absolute Gasteiger partial charge is 0.261 e. The minimum Gasteiger partial charge on any atom is -0.493 e. The first-order chi connectivity index (χ1) is 11.8. The number of benzene rings is 2. The average molecular weight is 360 g/mol. The van der Waals surface area contributed by atoms with Crippen molar-refractivity contribution in [2.75, 3.05) is 16.6 Å². The topological polar surface area (TPSA) is 84.5 Å². The van der Waals surface area contributed by atoms with Crippen LogP contribution in [-0.2, 0) is 21.2 Å². The Morgan fingerprint density at radius 3 is 2.44 bits per heavy atom. The van der Waals surface area contributed by atoms with Gasteiger partial charge in [0.05, 0.1) is 11.5 Å². The maximum absolute atomic E-state index is 12.5. The van der Waals surface area contributed by atoms with E-state index in [0.717, 1.165) is 11.3 Å². The molecule has 1 heterocycles. The second-order valence-corrected chi connectivity index (χ2v) is 7.88. The molecule has 25 heavy (non-hydrogen) atoms. The van der Waals surface area contributed by atoms with Crippen molar-refractivity contribution in [2.45, 2.75) is 25.2 Å². The molecule has 0 unspecified atom stereocenters. The largest absolute Gasteiger partial charge is 0.493 e. The molecule has 0 aromatic heterocycles. The van der Waals surface area contributed by atoms with Crippen molar-refractivity contribution in [3.63, 3.8) is 0 Å².